The molecule has 0 aromatic heterocycles. The van der Waals surface area contributed by atoms with E-state index in [-0.39, 0.29) is 12.0 Å². The lowest BCUT2D eigenvalue weighted by Crippen LogP contribution is -2.63. The molecule has 4 heteroatoms. The fraction of sp³-hybridized carbons (Fsp3) is 0.923. The zero-order valence-electron chi connectivity index (χ0n) is 10.4. The Hall–Kier alpha value is -0.610. The topological polar surface area (TPSA) is 58.6 Å². The summed E-state index contributed by atoms with van der Waals surface area (Å²) >= 11 is 0. The standard InChI is InChI=1S/C13H21NO3/c1-17-11(15)12(5-6-12)13(16)4-2-9-3-7-14-10(13)8-9/h9-10,14,16H,2-8H2,1H3. The van der Waals surface area contributed by atoms with Crippen molar-refractivity contribution in [2.75, 3.05) is 13.7 Å². The first-order valence-electron chi connectivity index (χ1n) is 6.66. The third-order valence-corrected chi connectivity index (χ3v) is 5.18. The van der Waals surface area contributed by atoms with Crippen LogP contribution in [0.2, 0.25) is 0 Å². The molecule has 2 N–H and O–H groups in total. The summed E-state index contributed by atoms with van der Waals surface area (Å²) in [6, 6.07) is 0.0802. The van der Waals surface area contributed by atoms with Crippen molar-refractivity contribution in [3.63, 3.8) is 0 Å². The van der Waals surface area contributed by atoms with Gasteiger partial charge in [0.1, 0.15) is 0 Å². The third-order valence-electron chi connectivity index (χ3n) is 5.18. The molecule has 3 rings (SSSR count). The lowest BCUT2D eigenvalue weighted by molar-refractivity contribution is -0.169. The van der Waals surface area contributed by atoms with E-state index in [1.54, 1.807) is 0 Å². The first-order valence-corrected chi connectivity index (χ1v) is 6.66. The van der Waals surface area contributed by atoms with Crippen LogP contribution in [0.25, 0.3) is 0 Å². The number of nitrogens with one attached hydrogen (secondary N) is 1. The van der Waals surface area contributed by atoms with Gasteiger partial charge in [-0.05, 0) is 51.0 Å². The lowest BCUT2D eigenvalue weighted by Gasteiger charge is -2.50. The molecule has 0 aromatic rings. The van der Waals surface area contributed by atoms with E-state index in [2.05, 4.69) is 5.32 Å². The van der Waals surface area contributed by atoms with E-state index in [1.165, 1.54) is 13.5 Å². The lowest BCUT2D eigenvalue weighted by atomic mass is 9.65. The highest BCUT2D eigenvalue weighted by molar-refractivity contribution is 5.81. The van der Waals surface area contributed by atoms with Gasteiger partial charge in [-0.2, -0.15) is 0 Å². The third kappa shape index (κ3) is 1.47. The van der Waals surface area contributed by atoms with E-state index in [0.717, 1.165) is 44.6 Å². The molecular weight excluding hydrogens is 218 g/mol. The van der Waals surface area contributed by atoms with E-state index in [1.807, 2.05) is 0 Å². The van der Waals surface area contributed by atoms with Crippen molar-refractivity contribution in [1.82, 2.24) is 5.32 Å². The SMILES string of the molecule is COC(=O)C1(C2(O)CCC3CCNC2C3)CC1. The largest absolute Gasteiger partial charge is 0.469 e. The Kier molecular flexibility index (Phi) is 2.49. The predicted molar refractivity (Wildman–Crippen MR) is 62.4 cm³/mol. The van der Waals surface area contributed by atoms with E-state index >= 15 is 0 Å². The van der Waals surface area contributed by atoms with Gasteiger partial charge in [-0.1, -0.05) is 0 Å². The normalized spacial score (nSPS) is 42.9. The zero-order valence-corrected chi connectivity index (χ0v) is 10.4. The summed E-state index contributed by atoms with van der Waals surface area (Å²) in [7, 11) is 1.42. The maximum atomic E-state index is 12.0. The Labute approximate surface area is 102 Å². The molecule has 0 amide bonds. The van der Waals surface area contributed by atoms with Crippen molar-refractivity contribution in [3.05, 3.63) is 0 Å². The predicted octanol–water partition coefficient (Wildman–Crippen LogP) is 0.833. The number of piperidine rings is 1. The molecule has 17 heavy (non-hydrogen) atoms. The van der Waals surface area contributed by atoms with Crippen molar-refractivity contribution in [3.8, 4) is 0 Å². The minimum absolute atomic E-state index is 0.0802. The Morgan fingerprint density at radius 3 is 2.76 bits per heavy atom. The van der Waals surface area contributed by atoms with E-state index in [0.29, 0.717) is 0 Å². The molecule has 0 spiro atoms. The fourth-order valence-corrected chi connectivity index (χ4v) is 3.93. The molecule has 0 aromatic carbocycles. The van der Waals surface area contributed by atoms with Gasteiger partial charge < -0.3 is 15.2 Å². The van der Waals surface area contributed by atoms with Crippen molar-refractivity contribution in [1.29, 1.82) is 0 Å². The molecule has 2 saturated carbocycles. The van der Waals surface area contributed by atoms with Crippen LogP contribution in [-0.2, 0) is 9.53 Å². The number of ether oxygens (including phenoxy) is 1. The highest BCUT2D eigenvalue weighted by atomic mass is 16.5. The van der Waals surface area contributed by atoms with Crippen molar-refractivity contribution < 1.29 is 14.6 Å². The first-order chi connectivity index (χ1) is 8.12. The molecule has 3 unspecified atom stereocenters. The van der Waals surface area contributed by atoms with Gasteiger partial charge in [0.15, 0.2) is 0 Å². The second kappa shape index (κ2) is 3.69. The Balaban J connectivity index is 1.87. The highest BCUT2D eigenvalue weighted by Gasteiger charge is 2.68. The molecule has 96 valence electrons. The van der Waals surface area contributed by atoms with Crippen LogP contribution in [0.3, 0.4) is 0 Å². The van der Waals surface area contributed by atoms with Gasteiger partial charge >= 0.3 is 5.97 Å². The number of esters is 1. The maximum Gasteiger partial charge on any atom is 0.314 e. The number of rotatable bonds is 2. The van der Waals surface area contributed by atoms with Gasteiger partial charge in [0.25, 0.3) is 0 Å². The molecule has 0 radical (unpaired) electrons. The smallest absolute Gasteiger partial charge is 0.314 e. The van der Waals surface area contributed by atoms with Gasteiger partial charge in [0.2, 0.25) is 0 Å². The maximum absolute atomic E-state index is 12.0. The van der Waals surface area contributed by atoms with Crippen LogP contribution in [0, 0.1) is 11.3 Å². The number of carbonyl (C=O) groups excluding carboxylic acids is 1. The zero-order chi connectivity index (χ0) is 12.1. The number of hydrogen-bond donors (Lipinski definition) is 2. The van der Waals surface area contributed by atoms with Crippen LogP contribution in [0.15, 0.2) is 0 Å². The number of fused-ring (bicyclic) bond motifs is 2. The van der Waals surface area contributed by atoms with Crippen LogP contribution in [0.5, 0.6) is 0 Å². The molecule has 2 bridgehead atoms. The summed E-state index contributed by atoms with van der Waals surface area (Å²) in [6.45, 7) is 0.967. The highest BCUT2D eigenvalue weighted by Crippen LogP contribution is 2.60. The molecule has 3 atom stereocenters. The average Bonchev–Trinajstić information content (AvgIpc) is 3.16. The molecule has 3 aliphatic rings. The van der Waals surface area contributed by atoms with Gasteiger partial charge in [-0.15, -0.1) is 0 Å². The summed E-state index contributed by atoms with van der Waals surface area (Å²) in [5.74, 6) is 0.515. The summed E-state index contributed by atoms with van der Waals surface area (Å²) < 4.78 is 4.91. The van der Waals surface area contributed by atoms with E-state index < -0.39 is 11.0 Å². The minimum atomic E-state index is -0.878. The second-order valence-electron chi connectivity index (χ2n) is 5.93. The molecule has 3 fully saturated rings. The van der Waals surface area contributed by atoms with Crippen LogP contribution in [0.4, 0.5) is 0 Å². The Bertz CT molecular complexity index is 340. The van der Waals surface area contributed by atoms with Crippen LogP contribution < -0.4 is 5.32 Å². The summed E-state index contributed by atoms with van der Waals surface area (Å²) in [4.78, 5) is 12.0. The second-order valence-corrected chi connectivity index (χ2v) is 5.93. The fourth-order valence-electron chi connectivity index (χ4n) is 3.93. The van der Waals surface area contributed by atoms with Crippen molar-refractivity contribution in [2.24, 2.45) is 11.3 Å². The minimum Gasteiger partial charge on any atom is -0.469 e. The van der Waals surface area contributed by atoms with Crippen LogP contribution in [-0.4, -0.2) is 36.4 Å². The molecule has 1 saturated heterocycles. The number of carbonyl (C=O) groups is 1. The number of hydrogen-bond acceptors (Lipinski definition) is 4. The van der Waals surface area contributed by atoms with Gasteiger partial charge in [0, 0.05) is 6.04 Å². The first kappa shape index (κ1) is 11.5. The van der Waals surface area contributed by atoms with Gasteiger partial charge in [-0.25, -0.2) is 0 Å². The van der Waals surface area contributed by atoms with Crippen molar-refractivity contribution >= 4 is 5.97 Å². The number of aliphatic hydroxyl groups is 1. The molecule has 2 aliphatic carbocycles. The molecule has 4 nitrogen and oxygen atoms in total. The van der Waals surface area contributed by atoms with Gasteiger partial charge in [0.05, 0.1) is 18.1 Å². The quantitative estimate of drug-likeness (QED) is 0.701. The monoisotopic (exact) mass is 239 g/mol. The van der Waals surface area contributed by atoms with Crippen molar-refractivity contribution in [2.45, 2.75) is 50.2 Å². The van der Waals surface area contributed by atoms with E-state index in [9.17, 15) is 9.90 Å². The van der Waals surface area contributed by atoms with Crippen LogP contribution >= 0.6 is 0 Å². The molecule has 1 aliphatic heterocycles. The molecule has 1 heterocycles. The number of methoxy groups -OCH3 is 1. The van der Waals surface area contributed by atoms with Gasteiger partial charge in [-0.3, -0.25) is 4.79 Å². The summed E-state index contributed by atoms with van der Waals surface area (Å²) in [6.07, 6.45) is 5.56. The van der Waals surface area contributed by atoms with Crippen LogP contribution in [0.1, 0.15) is 38.5 Å². The Morgan fingerprint density at radius 2 is 2.12 bits per heavy atom. The Morgan fingerprint density at radius 1 is 1.35 bits per heavy atom. The average molecular weight is 239 g/mol. The molecular formula is C13H21NO3. The van der Waals surface area contributed by atoms with E-state index in [4.69, 9.17) is 4.74 Å². The summed E-state index contributed by atoms with van der Waals surface area (Å²) in [5, 5.41) is 14.4. The summed E-state index contributed by atoms with van der Waals surface area (Å²) in [5.41, 5.74) is -1.49.